The maximum absolute atomic E-state index is 13.3. The van der Waals surface area contributed by atoms with Crippen molar-refractivity contribution in [3.63, 3.8) is 0 Å². The number of nitrogens with one attached hydrogen (secondary N) is 3. The molecule has 3 N–H and O–H groups in total. The second-order valence-electron chi connectivity index (χ2n) is 6.77. The lowest BCUT2D eigenvalue weighted by Gasteiger charge is -2.10. The molecule has 0 aliphatic carbocycles. The fourth-order valence-electron chi connectivity index (χ4n) is 2.97. The van der Waals surface area contributed by atoms with Gasteiger partial charge in [0.25, 0.3) is 15.9 Å². The third-order valence-electron chi connectivity index (χ3n) is 4.46. The molecule has 0 saturated heterocycles. The zero-order valence-corrected chi connectivity index (χ0v) is 16.9. The van der Waals surface area contributed by atoms with Crippen LogP contribution in [0.2, 0.25) is 0 Å². The molecule has 31 heavy (non-hydrogen) atoms. The number of sulfonamides is 1. The summed E-state index contributed by atoms with van der Waals surface area (Å²) in [5, 5.41) is 2.76. The topological polar surface area (TPSA) is 104 Å². The second kappa shape index (κ2) is 7.80. The minimum atomic E-state index is -4.12. The number of halogens is 2. The average Bonchev–Trinajstić information content (AvgIpc) is 3.09. The summed E-state index contributed by atoms with van der Waals surface area (Å²) in [5.41, 5.74) is 2.61. The van der Waals surface area contributed by atoms with Crippen molar-refractivity contribution >= 4 is 38.3 Å². The molecular weight excluding hydrogens is 426 g/mol. The van der Waals surface area contributed by atoms with Gasteiger partial charge >= 0.3 is 0 Å². The van der Waals surface area contributed by atoms with E-state index >= 15 is 0 Å². The first kappa shape index (κ1) is 20.5. The van der Waals surface area contributed by atoms with E-state index in [2.05, 4.69) is 20.0 Å². The molecule has 7 nitrogen and oxygen atoms in total. The maximum atomic E-state index is 13.3. The Bertz CT molecular complexity index is 1400. The molecule has 0 aliphatic heterocycles. The van der Waals surface area contributed by atoms with Gasteiger partial charge in [0, 0.05) is 16.9 Å². The third kappa shape index (κ3) is 4.38. The highest BCUT2D eigenvalue weighted by Crippen LogP contribution is 2.20. The molecule has 0 aliphatic rings. The van der Waals surface area contributed by atoms with E-state index in [4.69, 9.17) is 0 Å². The number of fused-ring (bicyclic) bond motifs is 1. The van der Waals surface area contributed by atoms with Crippen molar-refractivity contribution in [2.75, 3.05) is 10.0 Å². The Labute approximate surface area is 176 Å². The van der Waals surface area contributed by atoms with E-state index in [-0.39, 0.29) is 11.6 Å². The van der Waals surface area contributed by atoms with Crippen LogP contribution in [0.4, 0.5) is 20.2 Å². The molecular formula is C21H16F2N4O3S. The summed E-state index contributed by atoms with van der Waals surface area (Å²) < 4.78 is 53.3. The number of imidazole rings is 1. The molecule has 1 amide bonds. The number of nitrogens with zero attached hydrogens (tertiary/aromatic N) is 1. The Hall–Kier alpha value is -3.79. The molecule has 0 bridgehead atoms. The molecule has 4 aromatic rings. The van der Waals surface area contributed by atoms with E-state index in [0.717, 1.165) is 29.0 Å². The molecule has 0 unspecified atom stereocenters. The van der Waals surface area contributed by atoms with E-state index in [0.29, 0.717) is 17.3 Å². The van der Waals surface area contributed by atoms with Crippen LogP contribution in [0.1, 0.15) is 16.2 Å². The lowest BCUT2D eigenvalue weighted by atomic mass is 10.2. The Morgan fingerprint density at radius 3 is 2.35 bits per heavy atom. The summed E-state index contributed by atoms with van der Waals surface area (Å²) in [4.78, 5) is 19.5. The SMILES string of the molecule is Cc1nc2ccc(NC(=O)c3ccc(NS(=O)(=O)c4ccc(F)c(F)c4)cc3)cc2[nH]1. The van der Waals surface area contributed by atoms with Gasteiger partial charge in [-0.15, -0.1) is 0 Å². The fourth-order valence-corrected chi connectivity index (χ4v) is 4.04. The predicted octanol–water partition coefficient (Wildman–Crippen LogP) is 4.20. The van der Waals surface area contributed by atoms with Crippen LogP contribution in [-0.2, 0) is 10.0 Å². The van der Waals surface area contributed by atoms with Crippen LogP contribution < -0.4 is 10.0 Å². The number of hydrogen-bond acceptors (Lipinski definition) is 4. The molecule has 1 aromatic heterocycles. The number of benzene rings is 3. The number of aromatic nitrogens is 2. The maximum Gasteiger partial charge on any atom is 0.261 e. The molecule has 0 atom stereocenters. The van der Waals surface area contributed by atoms with Gasteiger partial charge in [0.2, 0.25) is 0 Å². The molecule has 0 radical (unpaired) electrons. The van der Waals surface area contributed by atoms with Crippen molar-refractivity contribution in [2.24, 2.45) is 0 Å². The Morgan fingerprint density at radius 2 is 1.65 bits per heavy atom. The van der Waals surface area contributed by atoms with Crippen molar-refractivity contribution in [3.05, 3.63) is 83.7 Å². The summed E-state index contributed by atoms with van der Waals surface area (Å²) in [7, 11) is -4.12. The van der Waals surface area contributed by atoms with Crippen molar-refractivity contribution in [3.8, 4) is 0 Å². The van der Waals surface area contributed by atoms with Crippen LogP contribution in [-0.4, -0.2) is 24.3 Å². The molecule has 1 heterocycles. The van der Waals surface area contributed by atoms with Crippen LogP contribution >= 0.6 is 0 Å². The van der Waals surface area contributed by atoms with E-state index in [9.17, 15) is 22.0 Å². The number of aromatic amines is 1. The molecule has 0 saturated carbocycles. The van der Waals surface area contributed by atoms with Gasteiger partial charge in [0.1, 0.15) is 5.82 Å². The van der Waals surface area contributed by atoms with Gasteiger partial charge in [-0.1, -0.05) is 0 Å². The molecule has 10 heteroatoms. The molecule has 0 spiro atoms. The van der Waals surface area contributed by atoms with Crippen LogP contribution in [0.15, 0.2) is 65.6 Å². The lowest BCUT2D eigenvalue weighted by molar-refractivity contribution is 0.102. The van der Waals surface area contributed by atoms with Crippen molar-refractivity contribution in [1.82, 2.24) is 9.97 Å². The first-order valence-electron chi connectivity index (χ1n) is 9.07. The van der Waals surface area contributed by atoms with Crippen LogP contribution in [0, 0.1) is 18.6 Å². The van der Waals surface area contributed by atoms with Gasteiger partial charge in [0.15, 0.2) is 11.6 Å². The summed E-state index contributed by atoms with van der Waals surface area (Å²) in [6.07, 6.45) is 0. The number of amides is 1. The number of rotatable bonds is 5. The Balaban J connectivity index is 1.47. The Kier molecular flexibility index (Phi) is 5.15. The summed E-state index contributed by atoms with van der Waals surface area (Å²) in [6.45, 7) is 1.83. The van der Waals surface area contributed by atoms with Crippen LogP contribution in [0.5, 0.6) is 0 Å². The second-order valence-corrected chi connectivity index (χ2v) is 8.45. The van der Waals surface area contributed by atoms with Crippen molar-refractivity contribution in [2.45, 2.75) is 11.8 Å². The molecule has 4 rings (SSSR count). The minimum Gasteiger partial charge on any atom is -0.342 e. The van der Waals surface area contributed by atoms with Gasteiger partial charge in [-0.2, -0.15) is 0 Å². The number of anilines is 2. The molecule has 158 valence electrons. The highest BCUT2D eigenvalue weighted by molar-refractivity contribution is 7.92. The van der Waals surface area contributed by atoms with Crippen molar-refractivity contribution < 1.29 is 22.0 Å². The largest absolute Gasteiger partial charge is 0.342 e. The molecule has 3 aromatic carbocycles. The summed E-state index contributed by atoms with van der Waals surface area (Å²) >= 11 is 0. The van der Waals surface area contributed by atoms with Crippen LogP contribution in [0.3, 0.4) is 0 Å². The quantitative estimate of drug-likeness (QED) is 0.431. The number of carbonyl (C=O) groups excluding carboxylic acids is 1. The number of H-pyrrole nitrogens is 1. The zero-order valence-electron chi connectivity index (χ0n) is 16.1. The van der Waals surface area contributed by atoms with Gasteiger partial charge < -0.3 is 10.3 Å². The normalized spacial score (nSPS) is 11.5. The first-order chi connectivity index (χ1) is 14.7. The summed E-state index contributed by atoms with van der Waals surface area (Å²) in [6, 6.07) is 13.2. The van der Waals surface area contributed by atoms with E-state index in [1.807, 2.05) is 6.92 Å². The first-order valence-corrected chi connectivity index (χ1v) is 10.6. The van der Waals surface area contributed by atoms with Gasteiger partial charge in [-0.3, -0.25) is 9.52 Å². The van der Waals surface area contributed by atoms with Gasteiger partial charge in [-0.25, -0.2) is 22.2 Å². The smallest absolute Gasteiger partial charge is 0.261 e. The molecule has 0 fully saturated rings. The highest BCUT2D eigenvalue weighted by atomic mass is 32.2. The number of carbonyl (C=O) groups is 1. The number of hydrogen-bond donors (Lipinski definition) is 3. The highest BCUT2D eigenvalue weighted by Gasteiger charge is 2.17. The van der Waals surface area contributed by atoms with Gasteiger partial charge in [0.05, 0.1) is 15.9 Å². The summed E-state index contributed by atoms with van der Waals surface area (Å²) in [5.74, 6) is -2.03. The predicted molar refractivity (Wildman–Crippen MR) is 112 cm³/mol. The van der Waals surface area contributed by atoms with Gasteiger partial charge in [-0.05, 0) is 67.6 Å². The Morgan fingerprint density at radius 1 is 0.935 bits per heavy atom. The standard InChI is InChI=1S/C21H16F2N4O3S/c1-12-24-19-9-6-15(10-20(19)25-12)26-21(28)13-2-4-14(5-3-13)27-31(29,30)16-7-8-17(22)18(23)11-16/h2-11,27H,1H3,(H,24,25)(H,26,28). The van der Waals surface area contributed by atoms with Crippen molar-refractivity contribution in [1.29, 1.82) is 0 Å². The third-order valence-corrected chi connectivity index (χ3v) is 5.84. The average molecular weight is 442 g/mol. The van der Waals surface area contributed by atoms with E-state index < -0.39 is 26.6 Å². The fraction of sp³-hybridized carbons (Fsp3) is 0.0476. The monoisotopic (exact) mass is 442 g/mol. The van der Waals surface area contributed by atoms with E-state index in [1.165, 1.54) is 24.3 Å². The number of aryl methyl sites for hydroxylation is 1. The van der Waals surface area contributed by atoms with Crippen LogP contribution in [0.25, 0.3) is 11.0 Å². The lowest BCUT2D eigenvalue weighted by Crippen LogP contribution is -2.14. The zero-order chi connectivity index (χ0) is 22.2. The minimum absolute atomic E-state index is 0.163. The van der Waals surface area contributed by atoms with E-state index in [1.54, 1.807) is 18.2 Å².